The molecule has 4 nitrogen and oxygen atoms in total. The number of ether oxygens (including phenoxy) is 1. The van der Waals surface area contributed by atoms with Gasteiger partial charge < -0.3 is 14.9 Å². The van der Waals surface area contributed by atoms with E-state index in [1.807, 2.05) is 31.2 Å². The molecule has 2 rings (SSSR count). The Kier molecular flexibility index (Phi) is 4.76. The van der Waals surface area contributed by atoms with Gasteiger partial charge >= 0.3 is 5.97 Å². The van der Waals surface area contributed by atoms with Gasteiger partial charge in [0.15, 0.2) is 0 Å². The summed E-state index contributed by atoms with van der Waals surface area (Å²) in [4.78, 5) is 11.3. The predicted molar refractivity (Wildman–Crippen MR) is 77.6 cm³/mol. The lowest BCUT2D eigenvalue weighted by Crippen LogP contribution is -2.02. The average Bonchev–Trinajstić information content (AvgIpc) is 2.93. The van der Waals surface area contributed by atoms with E-state index in [-0.39, 0.29) is 19.1 Å². The highest BCUT2D eigenvalue weighted by Crippen LogP contribution is 2.22. The smallest absolute Gasteiger partial charge is 0.346 e. The molecule has 0 saturated heterocycles. The number of rotatable bonds is 6. The van der Waals surface area contributed by atoms with Crippen molar-refractivity contribution in [2.45, 2.75) is 19.4 Å². The molecule has 1 unspecified atom stereocenters. The molecule has 106 valence electrons. The molecule has 2 aromatic rings. The van der Waals surface area contributed by atoms with Gasteiger partial charge in [-0.15, -0.1) is 11.3 Å². The third-order valence-corrected chi connectivity index (χ3v) is 4.00. The quantitative estimate of drug-likeness (QED) is 0.858. The fourth-order valence-electron chi connectivity index (χ4n) is 1.80. The number of benzene rings is 1. The van der Waals surface area contributed by atoms with Crippen molar-refractivity contribution in [2.75, 3.05) is 6.61 Å². The maximum Gasteiger partial charge on any atom is 0.346 e. The third kappa shape index (κ3) is 3.37. The molecule has 1 atom stereocenters. The van der Waals surface area contributed by atoms with E-state index in [4.69, 9.17) is 14.9 Å². The molecular formula is C15H16O4S. The molecule has 0 fully saturated rings. The highest BCUT2D eigenvalue weighted by atomic mass is 32.1. The zero-order valence-corrected chi connectivity index (χ0v) is 11.9. The van der Waals surface area contributed by atoms with Gasteiger partial charge in [-0.2, -0.15) is 0 Å². The van der Waals surface area contributed by atoms with Crippen molar-refractivity contribution in [2.24, 2.45) is 0 Å². The number of aliphatic hydroxyl groups is 1. The average molecular weight is 292 g/mol. The van der Waals surface area contributed by atoms with Crippen LogP contribution in [0.3, 0.4) is 0 Å². The zero-order chi connectivity index (χ0) is 14.5. The third-order valence-electron chi connectivity index (χ3n) is 3.06. The van der Waals surface area contributed by atoms with Crippen LogP contribution < -0.4 is 4.74 Å². The van der Waals surface area contributed by atoms with E-state index < -0.39 is 5.97 Å². The summed E-state index contributed by atoms with van der Waals surface area (Å²) in [6, 6.07) is 9.23. The normalized spacial score (nSPS) is 12.1. The van der Waals surface area contributed by atoms with Crippen LogP contribution in [0.2, 0.25) is 0 Å². The van der Waals surface area contributed by atoms with Crippen molar-refractivity contribution in [3.8, 4) is 5.75 Å². The van der Waals surface area contributed by atoms with Gasteiger partial charge in [0.2, 0.25) is 0 Å². The molecule has 0 bridgehead atoms. The molecule has 1 aromatic carbocycles. The highest BCUT2D eigenvalue weighted by molar-refractivity contribution is 7.12. The second-order valence-electron chi connectivity index (χ2n) is 4.52. The number of aromatic carboxylic acids is 1. The van der Waals surface area contributed by atoms with Crippen molar-refractivity contribution in [1.29, 1.82) is 0 Å². The topological polar surface area (TPSA) is 66.8 Å². The number of hydrogen-bond donors (Lipinski definition) is 2. The Bertz CT molecular complexity index is 574. The predicted octanol–water partition coefficient (Wildman–Crippen LogP) is 3.12. The van der Waals surface area contributed by atoms with Crippen molar-refractivity contribution in [3.63, 3.8) is 0 Å². The van der Waals surface area contributed by atoms with Gasteiger partial charge in [0, 0.05) is 18.1 Å². The molecule has 0 aliphatic heterocycles. The van der Waals surface area contributed by atoms with Crippen molar-refractivity contribution < 1.29 is 19.7 Å². The van der Waals surface area contributed by atoms with Crippen LogP contribution in [0.5, 0.6) is 5.75 Å². The van der Waals surface area contributed by atoms with E-state index in [0.717, 1.165) is 5.56 Å². The fraction of sp³-hybridized carbons (Fsp3) is 0.267. The highest BCUT2D eigenvalue weighted by Gasteiger charge is 2.12. The van der Waals surface area contributed by atoms with E-state index >= 15 is 0 Å². The van der Waals surface area contributed by atoms with Crippen LogP contribution in [0, 0.1) is 0 Å². The summed E-state index contributed by atoms with van der Waals surface area (Å²) in [5, 5.41) is 19.8. The number of carboxylic acids is 1. The molecule has 0 amide bonds. The lowest BCUT2D eigenvalue weighted by atomic mass is 10.0. The minimum atomic E-state index is -0.925. The summed E-state index contributed by atoms with van der Waals surface area (Å²) in [7, 11) is 0. The Morgan fingerprint density at radius 3 is 2.60 bits per heavy atom. The van der Waals surface area contributed by atoms with Gasteiger partial charge in [-0.1, -0.05) is 19.1 Å². The maximum absolute atomic E-state index is 11.0. The van der Waals surface area contributed by atoms with Gasteiger partial charge in [-0.3, -0.25) is 0 Å². The second-order valence-corrected chi connectivity index (χ2v) is 5.44. The first-order valence-electron chi connectivity index (χ1n) is 6.25. The summed E-state index contributed by atoms with van der Waals surface area (Å²) < 4.78 is 5.59. The molecular weight excluding hydrogens is 276 g/mol. The number of carbonyl (C=O) groups is 1. The molecule has 0 radical (unpaired) electrons. The Morgan fingerprint density at radius 1 is 1.30 bits per heavy atom. The van der Waals surface area contributed by atoms with Crippen LogP contribution in [0.25, 0.3) is 0 Å². The van der Waals surface area contributed by atoms with Gasteiger partial charge in [0.1, 0.15) is 17.2 Å². The van der Waals surface area contributed by atoms with Crippen LogP contribution in [0.1, 0.15) is 33.6 Å². The largest absolute Gasteiger partial charge is 0.489 e. The van der Waals surface area contributed by atoms with E-state index in [0.29, 0.717) is 16.2 Å². The molecule has 0 aliphatic carbocycles. The molecule has 1 aromatic heterocycles. The summed E-state index contributed by atoms with van der Waals surface area (Å²) >= 11 is 1.19. The first kappa shape index (κ1) is 14.6. The van der Waals surface area contributed by atoms with Crippen LogP contribution in [0.4, 0.5) is 0 Å². The first-order chi connectivity index (χ1) is 9.61. The van der Waals surface area contributed by atoms with E-state index in [1.165, 1.54) is 11.3 Å². The monoisotopic (exact) mass is 292 g/mol. The number of aliphatic hydroxyl groups excluding tert-OH is 1. The Balaban J connectivity index is 2.00. The summed E-state index contributed by atoms with van der Waals surface area (Å²) in [5.41, 5.74) is 1.72. The molecule has 1 heterocycles. The summed E-state index contributed by atoms with van der Waals surface area (Å²) in [6.45, 7) is 2.29. The Labute approximate surface area is 121 Å². The van der Waals surface area contributed by atoms with Crippen LogP contribution in [-0.2, 0) is 6.61 Å². The second kappa shape index (κ2) is 6.54. The summed E-state index contributed by atoms with van der Waals surface area (Å²) in [5.74, 6) is -0.147. The molecule has 0 saturated carbocycles. The minimum absolute atomic E-state index is 0.0968. The zero-order valence-electron chi connectivity index (χ0n) is 11.1. The minimum Gasteiger partial charge on any atom is -0.489 e. The van der Waals surface area contributed by atoms with Crippen molar-refractivity contribution >= 4 is 17.3 Å². The maximum atomic E-state index is 11.0. The molecule has 20 heavy (non-hydrogen) atoms. The number of carboxylic acid groups (broad SMARTS) is 1. The molecule has 5 heteroatoms. The van der Waals surface area contributed by atoms with Gasteiger partial charge in [-0.25, -0.2) is 4.79 Å². The Hall–Kier alpha value is -1.85. The molecule has 0 aliphatic rings. The van der Waals surface area contributed by atoms with Crippen LogP contribution >= 0.6 is 11.3 Å². The van der Waals surface area contributed by atoms with Crippen molar-refractivity contribution in [3.05, 3.63) is 51.7 Å². The van der Waals surface area contributed by atoms with E-state index in [2.05, 4.69) is 0 Å². The van der Waals surface area contributed by atoms with E-state index in [1.54, 1.807) is 11.4 Å². The first-order valence-corrected chi connectivity index (χ1v) is 7.13. The van der Waals surface area contributed by atoms with Gasteiger partial charge in [0.25, 0.3) is 0 Å². The molecule has 0 spiro atoms. The SMILES string of the molecule is CC(CO)c1ccc(OCc2ccsc2C(=O)O)cc1. The van der Waals surface area contributed by atoms with Crippen LogP contribution in [-0.4, -0.2) is 22.8 Å². The lowest BCUT2D eigenvalue weighted by molar-refractivity contribution is 0.0699. The lowest BCUT2D eigenvalue weighted by Gasteiger charge is -2.10. The fourth-order valence-corrected chi connectivity index (χ4v) is 2.54. The molecule has 2 N–H and O–H groups in total. The standard InChI is InChI=1S/C15H16O4S/c1-10(8-16)11-2-4-13(5-3-11)19-9-12-6-7-20-14(12)15(17)18/h2-7,10,16H,8-9H2,1H3,(H,17,18). The number of hydrogen-bond acceptors (Lipinski definition) is 4. The van der Waals surface area contributed by atoms with Crippen LogP contribution in [0.15, 0.2) is 35.7 Å². The van der Waals surface area contributed by atoms with Gasteiger partial charge in [-0.05, 0) is 29.1 Å². The van der Waals surface area contributed by atoms with Crippen molar-refractivity contribution in [1.82, 2.24) is 0 Å². The van der Waals surface area contributed by atoms with Gasteiger partial charge in [0.05, 0.1) is 0 Å². The Morgan fingerprint density at radius 2 is 2.00 bits per heavy atom. The summed E-state index contributed by atoms with van der Waals surface area (Å²) in [6.07, 6.45) is 0. The van der Waals surface area contributed by atoms with E-state index in [9.17, 15) is 4.79 Å². The number of thiophene rings is 1.